The summed E-state index contributed by atoms with van der Waals surface area (Å²) < 4.78 is 0. The van der Waals surface area contributed by atoms with Crippen molar-refractivity contribution in [1.82, 2.24) is 5.32 Å². The maximum absolute atomic E-state index is 3.29. The summed E-state index contributed by atoms with van der Waals surface area (Å²) in [6.07, 6.45) is 1.28. The van der Waals surface area contributed by atoms with E-state index in [0.717, 1.165) is 0 Å². The van der Waals surface area contributed by atoms with Crippen LogP contribution in [-0.2, 0) is 0 Å². The van der Waals surface area contributed by atoms with Gasteiger partial charge in [0.2, 0.25) is 0 Å². The van der Waals surface area contributed by atoms with Gasteiger partial charge in [-0.05, 0) is 18.3 Å². The Labute approximate surface area is 66.8 Å². The Kier molecular flexibility index (Phi) is 4.21. The summed E-state index contributed by atoms with van der Waals surface area (Å²) >= 11 is 0. The predicted molar refractivity (Wildman–Crippen MR) is 51.3 cm³/mol. The minimum absolute atomic E-state index is 0.512. The van der Waals surface area contributed by atoms with Gasteiger partial charge in [-0.25, -0.2) is 0 Å². The van der Waals surface area contributed by atoms with Gasteiger partial charge in [0.05, 0.1) is 8.80 Å². The molecule has 0 rings (SSSR count). The van der Waals surface area contributed by atoms with Gasteiger partial charge in [-0.1, -0.05) is 33.7 Å². The first-order chi connectivity index (χ1) is 4.52. The van der Waals surface area contributed by atoms with Crippen LogP contribution in [0.5, 0.6) is 0 Å². The molecule has 0 saturated heterocycles. The minimum Gasteiger partial charge on any atom is -0.323 e. The number of nitrogens with one attached hydrogen (secondary N) is 1. The van der Waals surface area contributed by atoms with Crippen LogP contribution in [0.4, 0.5) is 0 Å². The van der Waals surface area contributed by atoms with Gasteiger partial charge in [0.1, 0.15) is 0 Å². The van der Waals surface area contributed by atoms with E-state index < -0.39 is 8.80 Å². The van der Waals surface area contributed by atoms with Crippen molar-refractivity contribution >= 4 is 8.80 Å². The van der Waals surface area contributed by atoms with Gasteiger partial charge >= 0.3 is 0 Å². The van der Waals surface area contributed by atoms with E-state index in [1.807, 2.05) is 0 Å². The van der Waals surface area contributed by atoms with Crippen LogP contribution in [0.3, 0.4) is 0 Å². The molecule has 0 spiro atoms. The molecule has 0 heterocycles. The largest absolute Gasteiger partial charge is 0.323 e. The van der Waals surface area contributed by atoms with E-state index in [-0.39, 0.29) is 0 Å². The van der Waals surface area contributed by atoms with Crippen molar-refractivity contribution in [2.75, 3.05) is 13.2 Å². The fourth-order valence-electron chi connectivity index (χ4n) is 1.31. The van der Waals surface area contributed by atoms with Gasteiger partial charge in [0.25, 0.3) is 0 Å². The highest BCUT2D eigenvalue weighted by Gasteiger charge is 2.23. The molecule has 0 aromatic rings. The second-order valence-electron chi connectivity index (χ2n) is 4.03. The molecule has 0 amide bonds. The Bertz CT molecular complexity index is 85.7. The summed E-state index contributed by atoms with van der Waals surface area (Å²) in [5.41, 5.74) is 0. The van der Waals surface area contributed by atoms with Crippen LogP contribution in [0, 0.1) is 0 Å². The quantitative estimate of drug-likeness (QED) is 0.619. The molecule has 1 unspecified atom stereocenters. The van der Waals surface area contributed by atoms with Crippen LogP contribution in [0.2, 0.25) is 11.1 Å². The standard InChI is InChI=1S/C8H21NSi/c1-6-10(7-9-5)8(2,3)4/h9-10H,6-7H2,1-5H3. The lowest BCUT2D eigenvalue weighted by Crippen LogP contribution is -2.35. The monoisotopic (exact) mass is 159 g/mol. The molecule has 1 atom stereocenters. The molecule has 1 nitrogen and oxygen atoms in total. The van der Waals surface area contributed by atoms with Crippen molar-refractivity contribution in [2.45, 2.75) is 38.8 Å². The van der Waals surface area contributed by atoms with Gasteiger partial charge in [-0.2, -0.15) is 0 Å². The molecule has 10 heavy (non-hydrogen) atoms. The second-order valence-corrected chi connectivity index (χ2v) is 8.38. The van der Waals surface area contributed by atoms with Gasteiger partial charge in [0.15, 0.2) is 0 Å². The maximum atomic E-state index is 3.29. The van der Waals surface area contributed by atoms with Gasteiger partial charge in [-0.3, -0.25) is 0 Å². The highest BCUT2D eigenvalue weighted by Crippen LogP contribution is 2.28. The highest BCUT2D eigenvalue weighted by atomic mass is 28.3. The normalized spacial score (nSPS) is 15.3. The third kappa shape index (κ3) is 3.37. The predicted octanol–water partition coefficient (Wildman–Crippen LogP) is 1.79. The molecule has 0 saturated carbocycles. The van der Waals surface area contributed by atoms with Crippen LogP contribution >= 0.6 is 0 Å². The van der Waals surface area contributed by atoms with E-state index in [2.05, 4.69) is 40.1 Å². The van der Waals surface area contributed by atoms with E-state index in [9.17, 15) is 0 Å². The summed E-state index contributed by atoms with van der Waals surface area (Å²) in [4.78, 5) is 0. The Hall–Kier alpha value is 0.177. The molecule has 0 aromatic heterocycles. The average Bonchev–Trinajstić information content (AvgIpc) is 1.80. The smallest absolute Gasteiger partial charge is 0.0578 e. The topological polar surface area (TPSA) is 12.0 Å². The fourth-order valence-corrected chi connectivity index (χ4v) is 3.93. The van der Waals surface area contributed by atoms with Gasteiger partial charge in [0, 0.05) is 0 Å². The summed E-state index contributed by atoms with van der Waals surface area (Å²) in [6, 6.07) is 1.41. The zero-order valence-corrected chi connectivity index (χ0v) is 9.15. The van der Waals surface area contributed by atoms with Crippen LogP contribution in [0.1, 0.15) is 27.7 Å². The molecule has 0 aliphatic carbocycles. The maximum Gasteiger partial charge on any atom is 0.0578 e. The molecule has 0 fully saturated rings. The van der Waals surface area contributed by atoms with Crippen LogP contribution in [-0.4, -0.2) is 22.0 Å². The van der Waals surface area contributed by atoms with E-state index >= 15 is 0 Å². The Morgan fingerprint density at radius 3 is 1.90 bits per heavy atom. The number of hydrogen-bond acceptors (Lipinski definition) is 1. The average molecular weight is 159 g/mol. The third-order valence-electron chi connectivity index (χ3n) is 2.17. The Morgan fingerprint density at radius 2 is 1.80 bits per heavy atom. The number of rotatable bonds is 3. The first-order valence-electron chi connectivity index (χ1n) is 4.17. The van der Waals surface area contributed by atoms with Gasteiger partial charge < -0.3 is 5.32 Å². The molecule has 62 valence electrons. The zero-order valence-electron chi connectivity index (χ0n) is 7.99. The molecule has 0 aliphatic rings. The lowest BCUT2D eigenvalue weighted by atomic mass is 10.2. The van der Waals surface area contributed by atoms with Crippen molar-refractivity contribution in [3.05, 3.63) is 0 Å². The zero-order chi connectivity index (χ0) is 8.20. The molecule has 0 aromatic carbocycles. The molecule has 2 heteroatoms. The second kappa shape index (κ2) is 4.14. The van der Waals surface area contributed by atoms with Gasteiger partial charge in [-0.15, -0.1) is 0 Å². The molecule has 0 radical (unpaired) electrons. The van der Waals surface area contributed by atoms with Crippen LogP contribution in [0.15, 0.2) is 0 Å². The van der Waals surface area contributed by atoms with E-state index in [0.29, 0.717) is 5.04 Å². The van der Waals surface area contributed by atoms with Crippen LogP contribution < -0.4 is 5.32 Å². The lowest BCUT2D eigenvalue weighted by Gasteiger charge is -2.27. The molecular weight excluding hydrogens is 138 g/mol. The number of hydrogen-bond donors (Lipinski definition) is 1. The SMILES string of the molecule is CC[SiH](CNC)C(C)(C)C. The summed E-state index contributed by atoms with van der Waals surface area (Å²) in [5, 5.41) is 3.88. The van der Waals surface area contributed by atoms with E-state index in [1.165, 1.54) is 12.2 Å². The lowest BCUT2D eigenvalue weighted by molar-refractivity contribution is 0.717. The van der Waals surface area contributed by atoms with Crippen molar-refractivity contribution < 1.29 is 0 Å². The summed E-state index contributed by atoms with van der Waals surface area (Å²) in [6.45, 7) is 9.42. The Balaban J connectivity index is 3.81. The molecule has 1 N–H and O–H groups in total. The highest BCUT2D eigenvalue weighted by molar-refractivity contribution is 6.62. The summed E-state index contributed by atoms with van der Waals surface area (Å²) in [7, 11) is 1.54. The molecule has 0 aliphatic heterocycles. The first-order valence-corrected chi connectivity index (χ1v) is 6.38. The summed E-state index contributed by atoms with van der Waals surface area (Å²) in [5.74, 6) is 0. The first kappa shape index (κ1) is 10.2. The Morgan fingerprint density at radius 1 is 1.30 bits per heavy atom. The van der Waals surface area contributed by atoms with E-state index in [1.54, 1.807) is 0 Å². The third-order valence-corrected chi connectivity index (χ3v) is 6.50. The fraction of sp³-hybridized carbons (Fsp3) is 1.00. The van der Waals surface area contributed by atoms with Crippen molar-refractivity contribution in [2.24, 2.45) is 0 Å². The van der Waals surface area contributed by atoms with Crippen molar-refractivity contribution in [3.63, 3.8) is 0 Å². The minimum atomic E-state index is -0.512. The molecule has 0 bridgehead atoms. The van der Waals surface area contributed by atoms with E-state index in [4.69, 9.17) is 0 Å². The molecular formula is C8H21NSi. The van der Waals surface area contributed by atoms with Crippen molar-refractivity contribution in [1.29, 1.82) is 0 Å². The van der Waals surface area contributed by atoms with Crippen LogP contribution in [0.25, 0.3) is 0 Å². The van der Waals surface area contributed by atoms with Crippen molar-refractivity contribution in [3.8, 4) is 0 Å².